The molecule has 0 aliphatic carbocycles. The van der Waals surface area contributed by atoms with Crippen molar-refractivity contribution < 1.29 is 128 Å². The summed E-state index contributed by atoms with van der Waals surface area (Å²) in [5, 5.41) is 61.7. The van der Waals surface area contributed by atoms with Gasteiger partial charge in [-0.25, -0.2) is 0 Å². The first-order valence-corrected chi connectivity index (χ1v) is 23.7. The lowest BCUT2D eigenvalue weighted by atomic mass is 10.1. The summed E-state index contributed by atoms with van der Waals surface area (Å²) >= 11 is 0. The van der Waals surface area contributed by atoms with Crippen molar-refractivity contribution in [2.75, 3.05) is 26.3 Å². The quantitative estimate of drug-likeness (QED) is 0.0225. The zero-order chi connectivity index (χ0) is 99.8. The zero-order valence-corrected chi connectivity index (χ0v) is 44.0. The molecule has 84 heavy (non-hydrogen) atoms. The van der Waals surface area contributed by atoms with Crippen molar-refractivity contribution in [2.45, 2.75) is 109 Å². The molecule has 0 radical (unpaired) electrons. The number of rotatable bonds is 28. The molecule has 0 aliphatic heterocycles. The Hall–Kier alpha value is -8.53. The molecular formula is C70H84O14. The molecule has 0 amide bonds. The summed E-state index contributed by atoms with van der Waals surface area (Å²) in [6.07, 6.45) is -35.2. The van der Waals surface area contributed by atoms with Gasteiger partial charge in [0, 0.05) is 104 Å². The van der Waals surface area contributed by atoms with Crippen molar-refractivity contribution in [1.29, 1.82) is 0 Å². The van der Waals surface area contributed by atoms with E-state index in [1.165, 1.54) is 24.3 Å². The van der Waals surface area contributed by atoms with Crippen molar-refractivity contribution in [3.8, 4) is 0 Å². The normalized spacial score (nSPS) is 19.5. The average Bonchev–Trinajstić information content (AvgIpc) is 0.737. The first-order chi connectivity index (χ1) is 57.2. The first-order valence-electron chi connectivity index (χ1n) is 45.2. The molecule has 7 aromatic carbocycles. The number of aryl methyl sites for hydroxylation is 3. The average molecular weight is 1190 g/mol. The maximum atomic E-state index is 12.3. The molecule has 0 aliphatic rings. The van der Waals surface area contributed by atoms with E-state index in [0.717, 1.165) is 5.56 Å². The molecule has 0 saturated carbocycles. The lowest BCUT2D eigenvalue weighted by molar-refractivity contribution is -0.137. The molecule has 7 N–H and O–H groups in total. The largest absolute Gasteiger partial charge is 0.481 e. The summed E-state index contributed by atoms with van der Waals surface area (Å²) < 4.78 is 318. The van der Waals surface area contributed by atoms with E-state index in [0.29, 0.717) is 11.1 Å². The summed E-state index contributed by atoms with van der Waals surface area (Å²) in [4.78, 5) is 78.7. The second-order valence-corrected chi connectivity index (χ2v) is 14.7. The number of Topliss-reactive ketones (excluding diaryl/α,β-unsaturated/α-hetero) is 4. The smallest absolute Gasteiger partial charge is 0.303 e. The van der Waals surface area contributed by atoms with Gasteiger partial charge in [-0.05, 0) is 80.5 Å². The van der Waals surface area contributed by atoms with Crippen LogP contribution in [0.1, 0.15) is 206 Å². The molecule has 7 aromatic rings. The topological polar surface area (TPSA) is 261 Å². The monoisotopic (exact) mass is 1190 g/mol. The van der Waals surface area contributed by atoms with E-state index in [9.17, 15) is 33.6 Å². The molecule has 0 heterocycles. The summed E-state index contributed by atoms with van der Waals surface area (Å²) in [6, 6.07) is 20.6. The standard InChI is InChI=1S/3C10H10O3.C10H12O2.3C10H14O/c3*11-9(6-7-10(12)13)8-4-2-1-3-5-8;11-8-4-7-10(12)9-5-2-1-3-6-9;3*11-9-5-4-8-10-6-2-1-3-7-10/h3*1-5H,6-7H2,(H,12,13);1-3,5-6,11H,4,7-8H2;3*1-3,6-7,11H,4-5,8-9H2/i1D,2D,3D,4D,5D,6D2,7D2;1D,2D,3D,4D,5D;;1D,2D,3D,4D2,5D,6D,7D2,8D2;4D2,5D2,8D2,9D2;4D2,5D2,9D2;4D2,5D2. The van der Waals surface area contributed by atoms with Crippen LogP contribution in [0.5, 0.6) is 0 Å². The molecule has 0 unspecified atom stereocenters. The summed E-state index contributed by atoms with van der Waals surface area (Å²) in [7, 11) is 0. The SMILES string of the molecule is O=C(O)CCC(=O)c1ccccc1.[2H]C([2H])(CO)C([2H])([2H])Cc1ccccc1.[2H]C([2H])(O)C([2H])([2H])C([2H])([2H])C([2H])([2H])c1ccccc1.[2H]C([2H])(O)C([2H])([2H])C([2H])([2H])Cc1ccccc1.[2H]c1c([2H])c([2H])c(C(=O)C([2H])([2H])C([2H])([2H])C(=O)O)c([2H])c1[2H].[2H]c1c([2H])c([2H])c(C(=O)C([2H])([2H])C([2H])([2H])C([2H])([2H])O)c([2H])c1[2H].[2H]c1c([2H])c([2H])c(C(=O)CCC(=O)O)c([2H])c1[2H]. The van der Waals surface area contributed by atoms with E-state index >= 15 is 0 Å². The molecular weight excluding hydrogens is 1060 g/mol. The molecule has 0 atom stereocenters. The van der Waals surface area contributed by atoms with Crippen molar-refractivity contribution in [3.05, 3.63) is 251 Å². The minimum absolute atomic E-state index is 0.0403. The van der Waals surface area contributed by atoms with Crippen molar-refractivity contribution >= 4 is 41.0 Å². The number of aliphatic hydroxyl groups is 4. The van der Waals surface area contributed by atoms with Gasteiger partial charge in [-0.3, -0.25) is 33.6 Å². The second-order valence-electron chi connectivity index (χ2n) is 14.7. The van der Waals surface area contributed by atoms with E-state index in [1.54, 1.807) is 84.9 Å². The fraction of sp³-hybridized carbons (Fsp3) is 0.300. The van der Waals surface area contributed by atoms with Crippen LogP contribution in [0, 0.1) is 0 Å². The van der Waals surface area contributed by atoms with Crippen LogP contribution in [0.25, 0.3) is 0 Å². The highest BCUT2D eigenvalue weighted by molar-refractivity contribution is 5.98. The lowest BCUT2D eigenvalue weighted by Gasteiger charge is -1.97. The Balaban J connectivity index is 0.000000746. The van der Waals surface area contributed by atoms with Crippen LogP contribution in [-0.2, 0) is 33.6 Å². The number of hydrogen-bond acceptors (Lipinski definition) is 11. The Morgan fingerprint density at radius 2 is 0.667 bits per heavy atom. The number of hydrogen-bond donors (Lipinski definition) is 7. The second kappa shape index (κ2) is 50.2. The Morgan fingerprint density at radius 3 is 1.05 bits per heavy atom. The van der Waals surface area contributed by atoms with E-state index in [2.05, 4.69) is 0 Å². The maximum Gasteiger partial charge on any atom is 0.303 e. The highest BCUT2D eigenvalue weighted by Gasteiger charge is 2.09. The molecule has 0 aromatic heterocycles. The predicted octanol–water partition coefficient (Wildman–Crippen LogP) is 12.8. The van der Waals surface area contributed by atoms with Gasteiger partial charge in [0.15, 0.2) is 23.1 Å². The molecule has 0 saturated heterocycles. The van der Waals surface area contributed by atoms with E-state index in [-0.39, 0.29) is 37.0 Å². The predicted molar refractivity (Wildman–Crippen MR) is 329 cm³/mol. The van der Waals surface area contributed by atoms with Gasteiger partial charge < -0.3 is 35.7 Å². The van der Waals surface area contributed by atoms with Crippen molar-refractivity contribution in [3.63, 3.8) is 0 Å². The van der Waals surface area contributed by atoms with Gasteiger partial charge in [-0.1, -0.05) is 212 Å². The molecule has 448 valence electrons. The van der Waals surface area contributed by atoms with Gasteiger partial charge in [0.05, 0.1) is 48.0 Å². The van der Waals surface area contributed by atoms with Crippen molar-refractivity contribution in [1.82, 2.24) is 0 Å². The number of ketones is 4. The van der Waals surface area contributed by atoms with E-state index in [4.69, 9.17) is 94.7 Å². The highest BCUT2D eigenvalue weighted by atomic mass is 16.4. The third-order valence-corrected chi connectivity index (χ3v) is 8.69. The van der Waals surface area contributed by atoms with Gasteiger partial charge in [0.25, 0.3) is 0 Å². The fourth-order valence-corrected chi connectivity index (χ4v) is 5.02. The number of carbonyl (C=O) groups is 7. The van der Waals surface area contributed by atoms with Crippen LogP contribution in [0.4, 0.5) is 0 Å². The highest BCUT2D eigenvalue weighted by Crippen LogP contribution is 2.10. The molecule has 14 heteroatoms. The lowest BCUT2D eigenvalue weighted by Crippen LogP contribution is -2.03. The third-order valence-electron chi connectivity index (χ3n) is 8.69. The maximum absolute atomic E-state index is 12.3. The van der Waals surface area contributed by atoms with Gasteiger partial charge in [0.2, 0.25) is 0 Å². The Labute approximate surface area is 555 Å². The van der Waals surface area contributed by atoms with Crippen LogP contribution in [0.2, 0.25) is 0 Å². The summed E-state index contributed by atoms with van der Waals surface area (Å²) in [5.41, 5.74) is -0.958. The van der Waals surface area contributed by atoms with Crippen LogP contribution in [0.3, 0.4) is 0 Å². The van der Waals surface area contributed by atoms with Crippen LogP contribution in [-0.4, -0.2) is 103 Å². The first kappa shape index (κ1) is 29.8. The number of aliphatic hydroxyl groups excluding tert-OH is 1. The Bertz CT molecular complexity index is 4920. The number of carbonyl (C=O) groups excluding carboxylic acids is 4. The van der Waals surface area contributed by atoms with Gasteiger partial charge in [-0.15, -0.1) is 0 Å². The van der Waals surface area contributed by atoms with Gasteiger partial charge in [0.1, 0.15) is 0 Å². The fourth-order valence-electron chi connectivity index (χ4n) is 5.02. The molecule has 0 bridgehead atoms. The minimum Gasteiger partial charge on any atom is -0.481 e. The Morgan fingerprint density at radius 1 is 0.321 bits per heavy atom. The van der Waals surface area contributed by atoms with Crippen LogP contribution >= 0.6 is 0 Å². The summed E-state index contributed by atoms with van der Waals surface area (Å²) in [5.74, 6) is -8.97. The number of carboxylic acid groups (broad SMARTS) is 3. The summed E-state index contributed by atoms with van der Waals surface area (Å²) in [6.45, 7) is -11.3. The van der Waals surface area contributed by atoms with Gasteiger partial charge in [-0.2, -0.15) is 0 Å². The van der Waals surface area contributed by atoms with Crippen LogP contribution in [0.15, 0.2) is 212 Å². The number of carboxylic acids is 3. The minimum atomic E-state index is -3.75. The van der Waals surface area contributed by atoms with Crippen molar-refractivity contribution in [2.24, 2.45) is 0 Å². The van der Waals surface area contributed by atoms with Crippen LogP contribution < -0.4 is 0 Å². The Kier molecular flexibility index (Phi) is 17.8. The molecule has 14 nitrogen and oxygen atoms in total. The van der Waals surface area contributed by atoms with E-state index < -0.39 is 252 Å². The third kappa shape index (κ3) is 40.6. The molecule has 0 fully saturated rings. The van der Waals surface area contributed by atoms with E-state index in [1.807, 2.05) is 12.1 Å². The number of aliphatic carboxylic acids is 3. The molecule has 0 spiro atoms. The molecule has 7 rings (SSSR count). The number of benzene rings is 7. The van der Waals surface area contributed by atoms with Gasteiger partial charge >= 0.3 is 17.9 Å². The zero-order valence-electron chi connectivity index (χ0n) is 87.0.